The molecule has 1 aliphatic carbocycles. The van der Waals surface area contributed by atoms with Crippen molar-refractivity contribution in [2.24, 2.45) is 5.73 Å². The third kappa shape index (κ3) is 1.76. The third-order valence-corrected chi connectivity index (χ3v) is 3.64. The molecule has 1 fully saturated rings. The Labute approximate surface area is 98.2 Å². The minimum atomic E-state index is 0.0854. The predicted octanol–water partition coefficient (Wildman–Crippen LogP) is 2.23. The average Bonchev–Trinajstić information content (AvgIpc) is 2.98. The van der Waals surface area contributed by atoms with Crippen LogP contribution in [0.5, 0.6) is 5.88 Å². The van der Waals surface area contributed by atoms with E-state index in [2.05, 4.69) is 27.0 Å². The van der Waals surface area contributed by atoms with Crippen LogP contribution in [0.4, 0.5) is 0 Å². The minimum Gasteiger partial charge on any atom is -0.481 e. The Balaban J connectivity index is 2.46. The first-order valence-electron chi connectivity index (χ1n) is 5.06. The van der Waals surface area contributed by atoms with E-state index in [1.165, 1.54) is 0 Å². The van der Waals surface area contributed by atoms with Gasteiger partial charge in [0.15, 0.2) is 0 Å². The number of pyridine rings is 1. The van der Waals surface area contributed by atoms with Gasteiger partial charge in [0.2, 0.25) is 5.88 Å². The number of ether oxygens (including phenoxy) is 1. The van der Waals surface area contributed by atoms with Gasteiger partial charge in [-0.15, -0.1) is 0 Å². The van der Waals surface area contributed by atoms with Crippen LogP contribution in [0.1, 0.15) is 25.3 Å². The van der Waals surface area contributed by atoms with Gasteiger partial charge in [-0.2, -0.15) is 0 Å². The van der Waals surface area contributed by atoms with Gasteiger partial charge in [-0.1, -0.05) is 0 Å². The molecule has 1 unspecified atom stereocenters. The maximum Gasteiger partial charge on any atom is 0.216 e. The first kappa shape index (κ1) is 10.9. The molecular formula is C11H15BrN2O. The van der Waals surface area contributed by atoms with E-state index >= 15 is 0 Å². The summed E-state index contributed by atoms with van der Waals surface area (Å²) in [5.41, 5.74) is 7.26. The molecule has 1 atom stereocenters. The van der Waals surface area contributed by atoms with Gasteiger partial charge in [-0.25, -0.2) is 4.98 Å². The standard InChI is InChI=1S/C11H15BrN2O/c1-7(13)11(3-4-11)9-5-8(12)6-14-10(9)15-2/h5-7H,3-4,13H2,1-2H3. The molecule has 1 aromatic rings. The molecule has 15 heavy (non-hydrogen) atoms. The summed E-state index contributed by atoms with van der Waals surface area (Å²) in [6.45, 7) is 2.05. The van der Waals surface area contributed by atoms with Crippen molar-refractivity contribution in [3.63, 3.8) is 0 Å². The molecule has 1 aromatic heterocycles. The zero-order valence-corrected chi connectivity index (χ0v) is 10.5. The lowest BCUT2D eigenvalue weighted by Gasteiger charge is -2.21. The summed E-state index contributed by atoms with van der Waals surface area (Å²) in [6, 6.07) is 2.21. The van der Waals surface area contributed by atoms with Gasteiger partial charge in [0.1, 0.15) is 0 Å². The molecule has 0 radical (unpaired) electrons. The van der Waals surface area contributed by atoms with Crippen LogP contribution in [0.25, 0.3) is 0 Å². The van der Waals surface area contributed by atoms with Gasteiger partial charge >= 0.3 is 0 Å². The van der Waals surface area contributed by atoms with Crippen molar-refractivity contribution in [1.82, 2.24) is 4.98 Å². The maximum absolute atomic E-state index is 6.04. The first-order valence-corrected chi connectivity index (χ1v) is 5.85. The summed E-state index contributed by atoms with van der Waals surface area (Å²) in [5, 5.41) is 0. The number of methoxy groups -OCH3 is 1. The number of halogens is 1. The summed E-state index contributed by atoms with van der Waals surface area (Å²) in [6.07, 6.45) is 4.00. The van der Waals surface area contributed by atoms with Gasteiger partial charge in [-0.3, -0.25) is 0 Å². The SMILES string of the molecule is COc1ncc(Br)cc1C1(C(C)N)CC1. The van der Waals surface area contributed by atoms with Gasteiger partial charge in [0.25, 0.3) is 0 Å². The Bertz CT molecular complexity index is 375. The molecule has 0 bridgehead atoms. The second-order valence-corrected chi connectivity index (χ2v) is 5.07. The summed E-state index contributed by atoms with van der Waals surface area (Å²) in [4.78, 5) is 4.26. The van der Waals surface area contributed by atoms with Crippen molar-refractivity contribution in [3.05, 3.63) is 22.3 Å². The Morgan fingerprint density at radius 3 is 2.73 bits per heavy atom. The molecule has 1 saturated carbocycles. The molecule has 82 valence electrons. The molecule has 2 N–H and O–H groups in total. The number of hydrogen-bond donors (Lipinski definition) is 1. The van der Waals surface area contributed by atoms with Gasteiger partial charge in [-0.05, 0) is 41.8 Å². The minimum absolute atomic E-state index is 0.0854. The van der Waals surface area contributed by atoms with E-state index in [4.69, 9.17) is 10.5 Å². The van der Waals surface area contributed by atoms with E-state index in [0.717, 1.165) is 22.9 Å². The molecule has 4 heteroatoms. The van der Waals surface area contributed by atoms with Crippen molar-refractivity contribution in [1.29, 1.82) is 0 Å². The fourth-order valence-corrected chi connectivity index (χ4v) is 2.38. The zero-order valence-electron chi connectivity index (χ0n) is 8.96. The number of nitrogens with zero attached hydrogens (tertiary/aromatic N) is 1. The van der Waals surface area contributed by atoms with Crippen molar-refractivity contribution in [2.75, 3.05) is 7.11 Å². The van der Waals surface area contributed by atoms with Crippen LogP contribution >= 0.6 is 15.9 Å². The number of nitrogens with two attached hydrogens (primary N) is 1. The van der Waals surface area contributed by atoms with E-state index < -0.39 is 0 Å². The smallest absolute Gasteiger partial charge is 0.216 e. The summed E-state index contributed by atoms with van der Waals surface area (Å²) in [7, 11) is 1.65. The lowest BCUT2D eigenvalue weighted by atomic mass is 9.90. The topological polar surface area (TPSA) is 48.1 Å². The Kier molecular flexibility index (Phi) is 2.73. The van der Waals surface area contributed by atoms with E-state index in [1.807, 2.05) is 6.92 Å². The molecule has 0 spiro atoms. The van der Waals surface area contributed by atoms with Crippen molar-refractivity contribution in [3.8, 4) is 5.88 Å². The Morgan fingerprint density at radius 1 is 1.60 bits per heavy atom. The van der Waals surface area contributed by atoms with Crippen LogP contribution < -0.4 is 10.5 Å². The second-order valence-electron chi connectivity index (χ2n) is 4.16. The highest BCUT2D eigenvalue weighted by Gasteiger charge is 2.49. The molecule has 1 heterocycles. The molecule has 0 amide bonds. The van der Waals surface area contributed by atoms with E-state index in [0.29, 0.717) is 5.88 Å². The first-order chi connectivity index (χ1) is 7.10. The van der Waals surface area contributed by atoms with Crippen LogP contribution in [0, 0.1) is 0 Å². The lowest BCUT2D eigenvalue weighted by molar-refractivity contribution is 0.381. The Morgan fingerprint density at radius 2 is 2.27 bits per heavy atom. The summed E-state index contributed by atoms with van der Waals surface area (Å²) >= 11 is 3.44. The number of rotatable bonds is 3. The van der Waals surface area contributed by atoms with Crippen molar-refractivity contribution < 1.29 is 4.74 Å². The Hall–Kier alpha value is -0.610. The van der Waals surface area contributed by atoms with Crippen LogP contribution in [0.15, 0.2) is 16.7 Å². The van der Waals surface area contributed by atoms with Gasteiger partial charge in [0.05, 0.1) is 7.11 Å². The molecule has 1 aliphatic rings. The molecule has 0 aliphatic heterocycles. The highest BCUT2D eigenvalue weighted by molar-refractivity contribution is 9.10. The van der Waals surface area contributed by atoms with Crippen LogP contribution in [0.3, 0.4) is 0 Å². The monoisotopic (exact) mass is 270 g/mol. The molecule has 0 aromatic carbocycles. The maximum atomic E-state index is 6.04. The molecule has 2 rings (SSSR count). The predicted molar refractivity (Wildman–Crippen MR) is 63.1 cm³/mol. The average molecular weight is 271 g/mol. The number of hydrogen-bond acceptors (Lipinski definition) is 3. The highest BCUT2D eigenvalue weighted by atomic mass is 79.9. The molecule has 3 nitrogen and oxygen atoms in total. The number of aromatic nitrogens is 1. The molecular weight excluding hydrogens is 256 g/mol. The molecule has 0 saturated heterocycles. The van der Waals surface area contributed by atoms with E-state index in [1.54, 1.807) is 13.3 Å². The van der Waals surface area contributed by atoms with Gasteiger partial charge in [0, 0.05) is 27.7 Å². The lowest BCUT2D eigenvalue weighted by Crippen LogP contribution is -2.32. The highest BCUT2D eigenvalue weighted by Crippen LogP contribution is 2.53. The summed E-state index contributed by atoms with van der Waals surface area (Å²) in [5.74, 6) is 0.702. The van der Waals surface area contributed by atoms with Crippen LogP contribution in [-0.2, 0) is 5.41 Å². The fourth-order valence-electron chi connectivity index (χ4n) is 2.05. The van der Waals surface area contributed by atoms with Crippen LogP contribution in [0.2, 0.25) is 0 Å². The van der Waals surface area contributed by atoms with Crippen molar-refractivity contribution in [2.45, 2.75) is 31.2 Å². The quantitative estimate of drug-likeness (QED) is 0.917. The van der Waals surface area contributed by atoms with Gasteiger partial charge < -0.3 is 10.5 Å². The van der Waals surface area contributed by atoms with Crippen LogP contribution in [-0.4, -0.2) is 18.1 Å². The second kappa shape index (κ2) is 3.76. The van der Waals surface area contributed by atoms with E-state index in [9.17, 15) is 0 Å². The largest absolute Gasteiger partial charge is 0.481 e. The summed E-state index contributed by atoms with van der Waals surface area (Å²) < 4.78 is 6.27. The zero-order chi connectivity index (χ0) is 11.1. The van der Waals surface area contributed by atoms with E-state index in [-0.39, 0.29) is 11.5 Å². The van der Waals surface area contributed by atoms with Crippen molar-refractivity contribution >= 4 is 15.9 Å². The fraction of sp³-hybridized carbons (Fsp3) is 0.545. The normalized spacial score (nSPS) is 19.7. The third-order valence-electron chi connectivity index (χ3n) is 3.21.